The first-order valence-electron chi connectivity index (χ1n) is 11.0. The van der Waals surface area contributed by atoms with Crippen molar-refractivity contribution in [1.82, 2.24) is 0 Å². The lowest BCUT2D eigenvalue weighted by Gasteiger charge is -2.41. The summed E-state index contributed by atoms with van der Waals surface area (Å²) >= 11 is 0. The molecule has 182 valence electrons. The van der Waals surface area contributed by atoms with E-state index in [1.54, 1.807) is 13.0 Å². The average Bonchev–Trinajstić information content (AvgIpc) is 3.12. The number of ether oxygens (including phenoxy) is 4. The molecule has 2 saturated heterocycles. The Kier molecular flexibility index (Phi) is 6.47. The first kappa shape index (κ1) is 24.9. The van der Waals surface area contributed by atoms with Crippen LogP contribution in [0.25, 0.3) is 0 Å². The maximum absolute atomic E-state index is 13.3. The molecule has 0 radical (unpaired) electrons. The monoisotopic (exact) mass is 466 g/mol. The van der Waals surface area contributed by atoms with Gasteiger partial charge in [-0.15, -0.1) is 0 Å². The molecule has 3 rings (SSSR count). The number of allylic oxidation sites excluding steroid dienone is 1. The predicted octanol–water partition coefficient (Wildman–Crippen LogP) is 0.770. The number of carbonyl (C=O) groups is 4. The Morgan fingerprint density at radius 1 is 1.27 bits per heavy atom. The van der Waals surface area contributed by atoms with Gasteiger partial charge in [0.05, 0.1) is 24.7 Å². The molecule has 0 aromatic rings. The first-order valence-corrected chi connectivity index (χ1v) is 11.0. The van der Waals surface area contributed by atoms with Crippen LogP contribution in [0.3, 0.4) is 0 Å². The van der Waals surface area contributed by atoms with Gasteiger partial charge in [-0.05, 0) is 19.9 Å². The summed E-state index contributed by atoms with van der Waals surface area (Å²) in [6.07, 6.45) is 1.46. The quantitative estimate of drug-likeness (QED) is 0.206. The zero-order valence-corrected chi connectivity index (χ0v) is 19.9. The van der Waals surface area contributed by atoms with Crippen LogP contribution in [-0.2, 0) is 38.1 Å². The third-order valence-corrected chi connectivity index (χ3v) is 7.21. The van der Waals surface area contributed by atoms with Crippen LogP contribution in [-0.4, -0.2) is 83.7 Å². The zero-order valence-electron chi connectivity index (χ0n) is 19.9. The van der Waals surface area contributed by atoms with E-state index < -0.39 is 53.3 Å². The van der Waals surface area contributed by atoms with Crippen LogP contribution in [0.2, 0.25) is 0 Å². The molecule has 0 aromatic heterocycles. The van der Waals surface area contributed by atoms with Gasteiger partial charge in [-0.3, -0.25) is 14.1 Å². The van der Waals surface area contributed by atoms with Crippen LogP contribution >= 0.6 is 0 Å². The summed E-state index contributed by atoms with van der Waals surface area (Å²) in [5.74, 6) is -4.12. The summed E-state index contributed by atoms with van der Waals surface area (Å²) in [6, 6.07) is 0. The molecule has 0 saturated carbocycles. The summed E-state index contributed by atoms with van der Waals surface area (Å²) < 4.78 is 22.3. The van der Waals surface area contributed by atoms with Crippen molar-refractivity contribution in [1.29, 1.82) is 0 Å². The summed E-state index contributed by atoms with van der Waals surface area (Å²) in [7, 11) is 1.84. The number of esters is 4. The fraction of sp³-hybridized carbons (Fsp3) is 0.652. The van der Waals surface area contributed by atoms with E-state index in [2.05, 4.69) is 0 Å². The molecule has 10 nitrogen and oxygen atoms in total. The molecule has 2 fully saturated rings. The van der Waals surface area contributed by atoms with Gasteiger partial charge in [0, 0.05) is 26.2 Å². The third kappa shape index (κ3) is 3.95. The van der Waals surface area contributed by atoms with Crippen molar-refractivity contribution in [3.05, 3.63) is 23.3 Å². The van der Waals surface area contributed by atoms with Crippen molar-refractivity contribution in [2.75, 3.05) is 26.7 Å². The summed E-state index contributed by atoms with van der Waals surface area (Å²) in [4.78, 5) is 50.4. The van der Waals surface area contributed by atoms with Crippen LogP contribution in [0, 0.1) is 5.92 Å². The number of rotatable bonds is 2. The third-order valence-electron chi connectivity index (χ3n) is 7.21. The molecule has 0 aliphatic carbocycles. The van der Waals surface area contributed by atoms with Crippen LogP contribution in [0.1, 0.15) is 41.0 Å². The van der Waals surface area contributed by atoms with E-state index >= 15 is 0 Å². The number of likely N-dealkylation sites (N-methyl/N-ethyl adjacent to an activating group) is 1. The van der Waals surface area contributed by atoms with Crippen LogP contribution in [0.4, 0.5) is 0 Å². The Bertz CT molecular complexity index is 940. The van der Waals surface area contributed by atoms with Crippen LogP contribution < -0.4 is 0 Å². The van der Waals surface area contributed by atoms with Gasteiger partial charge in [0.15, 0.2) is 6.10 Å². The molecular formula is C23H32NO9+. The molecule has 0 aromatic carbocycles. The van der Waals surface area contributed by atoms with E-state index in [4.69, 9.17) is 18.9 Å². The number of carbonyl (C=O) groups excluding carboxylic acids is 4. The molecule has 0 bridgehead atoms. The molecule has 0 amide bonds. The molecular weight excluding hydrogens is 434 g/mol. The summed E-state index contributed by atoms with van der Waals surface area (Å²) in [5.41, 5.74) is -3.08. The second-order valence-electron chi connectivity index (χ2n) is 9.28. The first-order chi connectivity index (χ1) is 15.3. The fourth-order valence-corrected chi connectivity index (χ4v) is 5.08. The minimum Gasteiger partial charge on any atom is -0.458 e. The summed E-state index contributed by atoms with van der Waals surface area (Å²) in [5, 5.41) is 11.7. The number of hydrogen-bond donors (Lipinski definition) is 1. The standard InChI is InChI=1S/C23H32NO9/c1-7-17-19(31-14(3)25)13(2)22(5,33-15(4)26)21(28)30-12-16-8-10-24(6)11-9-18(23(16,24)29)32-20(17)27/h7-8,13,18-19,29H,9-12H2,1-6H3/q+1/b17-7+. The van der Waals surface area contributed by atoms with Crippen molar-refractivity contribution < 1.29 is 47.7 Å². The summed E-state index contributed by atoms with van der Waals surface area (Å²) in [6.45, 7) is 7.49. The highest BCUT2D eigenvalue weighted by Crippen LogP contribution is 2.46. The SMILES string of the molecule is C/C=C1/C(=O)OC2CC[N+]3(C)CC=C(COC(=O)C(C)(OC(C)=O)C(C)C1OC(C)=O)C23O. The number of nitrogens with zero attached hydrogens (tertiary/aromatic N) is 1. The molecule has 3 heterocycles. The molecule has 10 heteroatoms. The highest BCUT2D eigenvalue weighted by molar-refractivity contribution is 5.91. The molecule has 6 unspecified atom stereocenters. The van der Waals surface area contributed by atoms with E-state index in [0.717, 1.165) is 6.92 Å². The Morgan fingerprint density at radius 3 is 2.52 bits per heavy atom. The molecule has 33 heavy (non-hydrogen) atoms. The normalized spacial score (nSPS) is 40.0. The maximum atomic E-state index is 13.3. The molecule has 1 N–H and O–H groups in total. The number of cyclic esters (lactones) is 1. The van der Waals surface area contributed by atoms with Crippen molar-refractivity contribution >= 4 is 23.9 Å². The lowest BCUT2D eigenvalue weighted by atomic mass is 9.82. The largest absolute Gasteiger partial charge is 0.458 e. The maximum Gasteiger partial charge on any atom is 0.351 e. The van der Waals surface area contributed by atoms with Crippen molar-refractivity contribution in [2.24, 2.45) is 5.92 Å². The number of quaternary nitrogens is 1. The lowest BCUT2D eigenvalue weighted by molar-refractivity contribution is -0.955. The molecule has 3 aliphatic rings. The molecule has 3 aliphatic heterocycles. The molecule has 0 spiro atoms. The Labute approximate surface area is 192 Å². The van der Waals surface area contributed by atoms with E-state index in [-0.39, 0.29) is 16.7 Å². The Hall–Kier alpha value is -2.72. The second kappa shape index (κ2) is 8.57. The zero-order chi connectivity index (χ0) is 24.8. The van der Waals surface area contributed by atoms with Gasteiger partial charge in [0.1, 0.15) is 19.3 Å². The minimum atomic E-state index is -1.89. The average molecular weight is 467 g/mol. The van der Waals surface area contributed by atoms with Gasteiger partial charge in [-0.2, -0.15) is 0 Å². The van der Waals surface area contributed by atoms with Gasteiger partial charge < -0.3 is 24.1 Å². The number of hydrogen-bond acceptors (Lipinski definition) is 9. The van der Waals surface area contributed by atoms with Crippen LogP contribution in [0.15, 0.2) is 23.3 Å². The predicted molar refractivity (Wildman–Crippen MR) is 113 cm³/mol. The van der Waals surface area contributed by atoms with E-state index in [1.807, 2.05) is 7.05 Å². The van der Waals surface area contributed by atoms with Crippen LogP contribution in [0.5, 0.6) is 0 Å². The van der Waals surface area contributed by atoms with E-state index in [9.17, 15) is 24.3 Å². The van der Waals surface area contributed by atoms with Gasteiger partial charge >= 0.3 is 23.9 Å². The highest BCUT2D eigenvalue weighted by Gasteiger charge is 2.65. The van der Waals surface area contributed by atoms with E-state index in [0.29, 0.717) is 25.1 Å². The van der Waals surface area contributed by atoms with Crippen molar-refractivity contribution in [2.45, 2.75) is 64.6 Å². The van der Waals surface area contributed by atoms with Gasteiger partial charge in [-0.1, -0.05) is 13.0 Å². The number of aliphatic hydroxyl groups is 1. The Balaban J connectivity index is 2.13. The van der Waals surface area contributed by atoms with Crippen molar-refractivity contribution in [3.63, 3.8) is 0 Å². The topological polar surface area (TPSA) is 125 Å². The lowest BCUT2D eigenvalue weighted by Crippen LogP contribution is -2.61. The highest BCUT2D eigenvalue weighted by atomic mass is 16.6. The van der Waals surface area contributed by atoms with Gasteiger partial charge in [0.25, 0.3) is 5.72 Å². The second-order valence-corrected chi connectivity index (χ2v) is 9.28. The van der Waals surface area contributed by atoms with Crippen molar-refractivity contribution in [3.8, 4) is 0 Å². The smallest absolute Gasteiger partial charge is 0.351 e. The fourth-order valence-electron chi connectivity index (χ4n) is 5.08. The van der Waals surface area contributed by atoms with Gasteiger partial charge in [0.2, 0.25) is 5.60 Å². The minimum absolute atomic E-state index is 0.0299. The van der Waals surface area contributed by atoms with Gasteiger partial charge in [-0.25, -0.2) is 9.59 Å². The Morgan fingerprint density at radius 2 is 1.94 bits per heavy atom. The van der Waals surface area contributed by atoms with E-state index in [1.165, 1.54) is 26.8 Å². The molecule has 6 atom stereocenters.